The van der Waals surface area contributed by atoms with Crippen molar-refractivity contribution in [2.24, 2.45) is 0 Å². The van der Waals surface area contributed by atoms with Crippen molar-refractivity contribution in [1.29, 1.82) is 0 Å². The fourth-order valence-electron chi connectivity index (χ4n) is 3.90. The summed E-state index contributed by atoms with van der Waals surface area (Å²) in [5.41, 5.74) is 5.65. The minimum Gasteiger partial charge on any atom is -0.392 e. The number of nitrogens with zero attached hydrogens (tertiary/aromatic N) is 3. The summed E-state index contributed by atoms with van der Waals surface area (Å²) >= 11 is 12.9. The van der Waals surface area contributed by atoms with Crippen LogP contribution in [0.3, 0.4) is 0 Å². The number of pyridine rings is 1. The van der Waals surface area contributed by atoms with Gasteiger partial charge >= 0.3 is 6.09 Å². The number of rotatable bonds is 7. The number of carbonyl (C=O) groups is 1. The Balaban J connectivity index is 1.66. The molecule has 0 saturated carbocycles. The van der Waals surface area contributed by atoms with Crippen LogP contribution in [0.2, 0.25) is 10.0 Å². The van der Waals surface area contributed by atoms with Crippen LogP contribution in [-0.4, -0.2) is 34.1 Å². The topological polar surface area (TPSA) is 47.4 Å². The molecular weight excluding hydrogens is 481 g/mol. The second kappa shape index (κ2) is 11.0. The Hall–Kier alpha value is -3.28. The number of likely N-dealkylation sites (N-methyl/N-ethyl adjacent to an activating group) is 1. The Labute approximate surface area is 215 Å². The van der Waals surface area contributed by atoms with Crippen molar-refractivity contribution in [3.63, 3.8) is 0 Å². The Kier molecular flexibility index (Phi) is 7.79. The number of halogens is 2. The molecule has 4 aromatic rings. The molecule has 0 saturated heterocycles. The van der Waals surface area contributed by atoms with Gasteiger partial charge < -0.3 is 14.2 Å². The molecule has 0 spiro atoms. The van der Waals surface area contributed by atoms with Crippen molar-refractivity contribution in [2.75, 3.05) is 13.6 Å². The molecule has 7 heteroatoms. The molecule has 0 aliphatic rings. The molecule has 0 aliphatic carbocycles. The van der Waals surface area contributed by atoms with E-state index < -0.39 is 6.09 Å². The number of carbonyl (C=O) groups excluding carboxylic acids is 1. The van der Waals surface area contributed by atoms with Gasteiger partial charge in [0.1, 0.15) is 0 Å². The lowest BCUT2D eigenvalue weighted by Gasteiger charge is -2.19. The van der Waals surface area contributed by atoms with Crippen LogP contribution < -0.4 is 4.74 Å². The van der Waals surface area contributed by atoms with E-state index in [1.807, 2.05) is 73.1 Å². The Morgan fingerprint density at radius 2 is 1.71 bits per heavy atom. The first-order valence-corrected chi connectivity index (χ1v) is 12.1. The fraction of sp³-hybridized carbons (Fsp3) is 0.214. The molecule has 0 N–H and O–H groups in total. The van der Waals surface area contributed by atoms with E-state index in [0.717, 1.165) is 33.5 Å². The summed E-state index contributed by atoms with van der Waals surface area (Å²) in [6.45, 7) is 4.89. The van der Waals surface area contributed by atoms with E-state index in [1.54, 1.807) is 30.3 Å². The summed E-state index contributed by atoms with van der Waals surface area (Å²) in [5.74, 6) is 0.456. The van der Waals surface area contributed by atoms with Gasteiger partial charge in [-0.3, -0.25) is 4.98 Å². The summed E-state index contributed by atoms with van der Waals surface area (Å²) in [6, 6.07) is 19.3. The van der Waals surface area contributed by atoms with E-state index in [-0.39, 0.29) is 0 Å². The minimum absolute atomic E-state index is 0.367. The molecule has 0 bridgehead atoms. The van der Waals surface area contributed by atoms with Gasteiger partial charge in [0, 0.05) is 59.3 Å². The summed E-state index contributed by atoms with van der Waals surface area (Å²) in [4.78, 5) is 19.0. The maximum atomic E-state index is 13.1. The van der Waals surface area contributed by atoms with E-state index in [9.17, 15) is 4.79 Å². The molecule has 0 unspecified atom stereocenters. The van der Waals surface area contributed by atoms with Gasteiger partial charge in [-0.15, -0.1) is 0 Å². The second-order valence-corrected chi connectivity index (χ2v) is 9.36. The van der Waals surface area contributed by atoms with Gasteiger partial charge in [-0.25, -0.2) is 4.79 Å². The quantitative estimate of drug-likeness (QED) is 0.265. The molecule has 2 aromatic carbocycles. The van der Waals surface area contributed by atoms with Crippen LogP contribution in [-0.2, 0) is 13.0 Å². The van der Waals surface area contributed by atoms with Gasteiger partial charge in [0.25, 0.3) is 0 Å². The van der Waals surface area contributed by atoms with Gasteiger partial charge in [0.05, 0.1) is 6.54 Å². The zero-order chi connectivity index (χ0) is 24.9. The molecule has 0 fully saturated rings. The van der Waals surface area contributed by atoms with E-state index >= 15 is 0 Å². The summed E-state index contributed by atoms with van der Waals surface area (Å²) < 4.78 is 7.92. The third kappa shape index (κ3) is 5.87. The Morgan fingerprint density at radius 1 is 1.00 bits per heavy atom. The summed E-state index contributed by atoms with van der Waals surface area (Å²) in [7, 11) is 1.72. The van der Waals surface area contributed by atoms with Gasteiger partial charge in [0.2, 0.25) is 5.88 Å². The van der Waals surface area contributed by atoms with E-state index in [4.69, 9.17) is 27.9 Å². The van der Waals surface area contributed by atoms with Crippen LogP contribution in [0, 0.1) is 13.8 Å². The van der Waals surface area contributed by atoms with E-state index in [0.29, 0.717) is 35.4 Å². The lowest BCUT2D eigenvalue weighted by atomic mass is 10.0. The van der Waals surface area contributed by atoms with Crippen molar-refractivity contribution in [1.82, 2.24) is 14.5 Å². The highest BCUT2D eigenvalue weighted by atomic mass is 35.5. The maximum absolute atomic E-state index is 13.1. The van der Waals surface area contributed by atoms with Crippen LogP contribution in [0.15, 0.2) is 73.1 Å². The third-order valence-corrected chi connectivity index (χ3v) is 6.58. The van der Waals surface area contributed by atoms with Crippen molar-refractivity contribution in [3.05, 3.63) is 105 Å². The first kappa shape index (κ1) is 24.8. The average molecular weight is 508 g/mol. The lowest BCUT2D eigenvalue weighted by Crippen LogP contribution is -2.32. The number of amides is 1. The van der Waals surface area contributed by atoms with Crippen LogP contribution in [0.25, 0.3) is 11.1 Å². The molecule has 5 nitrogen and oxygen atoms in total. The van der Waals surface area contributed by atoms with Gasteiger partial charge in [-0.05, 0) is 49.2 Å². The van der Waals surface area contributed by atoms with E-state index in [1.165, 1.54) is 0 Å². The zero-order valence-corrected chi connectivity index (χ0v) is 21.5. The highest BCUT2D eigenvalue weighted by Gasteiger charge is 2.22. The van der Waals surface area contributed by atoms with Crippen LogP contribution >= 0.6 is 23.2 Å². The second-order valence-electron chi connectivity index (χ2n) is 8.55. The Morgan fingerprint density at radius 3 is 2.37 bits per heavy atom. The molecule has 0 aliphatic heterocycles. The standard InChI is InChI=1S/C28H27Cl2N3O2/c1-19-10-12-21(13-11-19)26-20(2)17-33(18-23-24(29)8-6-9-25(23)30)27(26)35-28(34)32(3)16-14-22-7-4-5-15-31-22/h4-13,15,17H,14,16,18H2,1-3H3. The number of benzene rings is 2. The number of hydrogen-bond acceptors (Lipinski definition) is 3. The van der Waals surface area contributed by atoms with Crippen molar-refractivity contribution >= 4 is 29.3 Å². The molecular formula is C28H27Cl2N3O2. The molecule has 4 rings (SSSR count). The first-order valence-electron chi connectivity index (χ1n) is 11.4. The molecule has 35 heavy (non-hydrogen) atoms. The number of hydrogen-bond donors (Lipinski definition) is 0. The van der Waals surface area contributed by atoms with Gasteiger partial charge in [0.15, 0.2) is 0 Å². The smallest absolute Gasteiger partial charge is 0.392 e. The monoisotopic (exact) mass is 507 g/mol. The molecule has 2 heterocycles. The van der Waals surface area contributed by atoms with Gasteiger partial charge in [-0.2, -0.15) is 0 Å². The summed E-state index contributed by atoms with van der Waals surface area (Å²) in [5, 5.41) is 1.12. The predicted octanol–water partition coefficient (Wildman–Crippen LogP) is 7.20. The number of aromatic nitrogens is 2. The normalized spacial score (nSPS) is 10.9. The lowest BCUT2D eigenvalue weighted by molar-refractivity contribution is 0.160. The predicted molar refractivity (Wildman–Crippen MR) is 142 cm³/mol. The highest BCUT2D eigenvalue weighted by molar-refractivity contribution is 6.36. The highest BCUT2D eigenvalue weighted by Crippen LogP contribution is 2.37. The Bertz CT molecular complexity index is 1300. The first-order chi connectivity index (χ1) is 16.8. The van der Waals surface area contributed by atoms with Gasteiger partial charge in [-0.1, -0.05) is 65.2 Å². The number of aryl methyl sites for hydroxylation is 2. The van der Waals surface area contributed by atoms with Crippen LogP contribution in [0.4, 0.5) is 4.79 Å². The van der Waals surface area contributed by atoms with Crippen LogP contribution in [0.1, 0.15) is 22.4 Å². The molecule has 0 radical (unpaired) electrons. The minimum atomic E-state index is -0.445. The van der Waals surface area contributed by atoms with Crippen molar-refractivity contribution in [3.8, 4) is 17.0 Å². The van der Waals surface area contributed by atoms with Crippen LogP contribution in [0.5, 0.6) is 5.88 Å². The molecule has 2 aromatic heterocycles. The van der Waals surface area contributed by atoms with Crippen molar-refractivity contribution < 1.29 is 9.53 Å². The third-order valence-electron chi connectivity index (χ3n) is 5.87. The molecule has 180 valence electrons. The maximum Gasteiger partial charge on any atom is 0.416 e. The molecule has 1 amide bonds. The summed E-state index contributed by atoms with van der Waals surface area (Å²) in [6.07, 6.45) is 3.90. The molecule has 0 atom stereocenters. The van der Waals surface area contributed by atoms with Crippen molar-refractivity contribution in [2.45, 2.75) is 26.8 Å². The SMILES string of the molecule is Cc1ccc(-c2c(C)cn(Cc3c(Cl)cccc3Cl)c2OC(=O)N(C)CCc2ccccn2)cc1. The van der Waals surface area contributed by atoms with E-state index in [2.05, 4.69) is 4.98 Å². The number of ether oxygens (including phenoxy) is 1. The zero-order valence-electron chi connectivity index (χ0n) is 20.0. The largest absolute Gasteiger partial charge is 0.416 e. The average Bonchev–Trinajstić information content (AvgIpc) is 3.15. The fourth-order valence-corrected chi connectivity index (χ4v) is 4.42.